The molecule has 2 aromatic carbocycles. The van der Waals surface area contributed by atoms with Crippen molar-refractivity contribution < 1.29 is 28.6 Å². The first-order valence-corrected chi connectivity index (χ1v) is 8.88. The predicted octanol–water partition coefficient (Wildman–Crippen LogP) is 3.39. The van der Waals surface area contributed by atoms with Crippen LogP contribution >= 0.6 is 11.6 Å². The van der Waals surface area contributed by atoms with E-state index in [2.05, 4.69) is 5.32 Å². The molecule has 0 bridgehead atoms. The van der Waals surface area contributed by atoms with E-state index < -0.39 is 24.5 Å². The van der Waals surface area contributed by atoms with Gasteiger partial charge in [-0.2, -0.15) is 0 Å². The van der Waals surface area contributed by atoms with Gasteiger partial charge in [0.1, 0.15) is 5.75 Å². The maximum Gasteiger partial charge on any atom is 0.344 e. The molecule has 0 atom stereocenters. The number of aryl methyl sites for hydroxylation is 1. The molecule has 0 aliphatic carbocycles. The number of hydrogen-bond donors (Lipinski definition) is 1. The maximum atomic E-state index is 11.9. The van der Waals surface area contributed by atoms with E-state index in [1.807, 2.05) is 6.92 Å². The van der Waals surface area contributed by atoms with E-state index in [1.165, 1.54) is 12.1 Å². The summed E-state index contributed by atoms with van der Waals surface area (Å²) in [7, 11) is 0. The van der Waals surface area contributed by atoms with Crippen LogP contribution in [0.4, 0.5) is 5.69 Å². The number of halogens is 1. The van der Waals surface area contributed by atoms with Gasteiger partial charge in [0.05, 0.1) is 12.2 Å². The Hall–Kier alpha value is -3.06. The smallest absolute Gasteiger partial charge is 0.344 e. The van der Waals surface area contributed by atoms with Crippen LogP contribution < -0.4 is 10.1 Å². The van der Waals surface area contributed by atoms with E-state index in [0.29, 0.717) is 22.0 Å². The van der Waals surface area contributed by atoms with Crippen molar-refractivity contribution in [3.63, 3.8) is 0 Å². The van der Waals surface area contributed by atoms with E-state index in [4.69, 9.17) is 25.8 Å². The summed E-state index contributed by atoms with van der Waals surface area (Å²) >= 11 is 5.92. The molecule has 2 rings (SSSR count). The molecule has 0 unspecified atom stereocenters. The molecule has 0 heterocycles. The molecule has 0 spiro atoms. The fourth-order valence-electron chi connectivity index (χ4n) is 2.14. The van der Waals surface area contributed by atoms with Crippen molar-refractivity contribution in [2.75, 3.05) is 25.1 Å². The van der Waals surface area contributed by atoms with Crippen LogP contribution in [0.2, 0.25) is 5.02 Å². The Morgan fingerprint density at radius 2 is 1.71 bits per heavy atom. The van der Waals surface area contributed by atoms with Gasteiger partial charge in [0.15, 0.2) is 13.2 Å². The highest BCUT2D eigenvalue weighted by Gasteiger charge is 2.10. The van der Waals surface area contributed by atoms with Gasteiger partial charge in [-0.15, -0.1) is 0 Å². The minimum Gasteiger partial charge on any atom is -0.482 e. The lowest BCUT2D eigenvalue weighted by molar-refractivity contribution is -0.149. The van der Waals surface area contributed by atoms with Crippen molar-refractivity contribution in [2.24, 2.45) is 0 Å². The molecule has 8 heteroatoms. The summed E-state index contributed by atoms with van der Waals surface area (Å²) in [5.74, 6) is -1.16. The third-order valence-corrected chi connectivity index (χ3v) is 3.95. The fraction of sp³-hybridized carbons (Fsp3) is 0.250. The first-order valence-electron chi connectivity index (χ1n) is 8.50. The molecule has 148 valence electrons. The molecule has 28 heavy (non-hydrogen) atoms. The van der Waals surface area contributed by atoms with Crippen LogP contribution in [-0.2, 0) is 19.1 Å². The number of ether oxygens (including phenoxy) is 3. The molecule has 0 aromatic heterocycles. The van der Waals surface area contributed by atoms with Gasteiger partial charge < -0.3 is 19.5 Å². The van der Waals surface area contributed by atoms with Crippen LogP contribution in [-0.4, -0.2) is 37.7 Å². The summed E-state index contributed by atoms with van der Waals surface area (Å²) in [6.45, 7) is 3.03. The standard InChI is InChI=1S/C20H20ClNO6/c1-3-26-20(25)14-4-6-15(7-5-14)22-18(23)11-28-19(24)12-27-16-8-9-17(21)13(2)10-16/h4-10H,3,11-12H2,1-2H3,(H,22,23). The number of carbonyl (C=O) groups excluding carboxylic acids is 3. The summed E-state index contributed by atoms with van der Waals surface area (Å²) in [6.07, 6.45) is 0. The third kappa shape index (κ3) is 6.59. The van der Waals surface area contributed by atoms with Gasteiger partial charge in [0.2, 0.25) is 0 Å². The zero-order valence-electron chi connectivity index (χ0n) is 15.5. The summed E-state index contributed by atoms with van der Waals surface area (Å²) in [6, 6.07) is 11.2. The van der Waals surface area contributed by atoms with Crippen LogP contribution in [0.1, 0.15) is 22.8 Å². The number of carbonyl (C=O) groups is 3. The Kier molecular flexibility index (Phi) is 7.83. The van der Waals surface area contributed by atoms with Crippen molar-refractivity contribution in [2.45, 2.75) is 13.8 Å². The molecular weight excluding hydrogens is 386 g/mol. The van der Waals surface area contributed by atoms with E-state index in [1.54, 1.807) is 37.3 Å². The first-order chi connectivity index (χ1) is 13.4. The highest BCUT2D eigenvalue weighted by molar-refractivity contribution is 6.31. The molecule has 2 aromatic rings. The molecule has 0 radical (unpaired) electrons. The van der Waals surface area contributed by atoms with Crippen LogP contribution in [0.25, 0.3) is 0 Å². The van der Waals surface area contributed by atoms with Gasteiger partial charge in [-0.1, -0.05) is 11.6 Å². The molecule has 0 saturated heterocycles. The minimum atomic E-state index is -0.680. The normalized spacial score (nSPS) is 10.1. The molecule has 1 N–H and O–H groups in total. The molecular formula is C20H20ClNO6. The topological polar surface area (TPSA) is 90.9 Å². The van der Waals surface area contributed by atoms with Gasteiger partial charge in [-0.3, -0.25) is 4.79 Å². The summed E-state index contributed by atoms with van der Waals surface area (Å²) in [4.78, 5) is 35.1. The molecule has 0 aliphatic heterocycles. The number of rotatable bonds is 8. The van der Waals surface area contributed by atoms with Gasteiger partial charge in [-0.05, 0) is 61.9 Å². The first kappa shape index (κ1) is 21.2. The van der Waals surface area contributed by atoms with Crippen molar-refractivity contribution in [3.8, 4) is 5.75 Å². The second-order valence-electron chi connectivity index (χ2n) is 5.71. The number of anilines is 1. The van der Waals surface area contributed by atoms with Crippen molar-refractivity contribution >= 4 is 35.1 Å². The van der Waals surface area contributed by atoms with Gasteiger partial charge in [0.25, 0.3) is 5.91 Å². The molecule has 7 nitrogen and oxygen atoms in total. The quantitative estimate of drug-likeness (QED) is 0.677. The lowest BCUT2D eigenvalue weighted by Crippen LogP contribution is -2.23. The van der Waals surface area contributed by atoms with E-state index in [0.717, 1.165) is 5.56 Å². The number of nitrogens with one attached hydrogen (secondary N) is 1. The second kappa shape index (κ2) is 10.3. The molecule has 0 fully saturated rings. The highest BCUT2D eigenvalue weighted by atomic mass is 35.5. The molecule has 1 amide bonds. The SMILES string of the molecule is CCOC(=O)c1ccc(NC(=O)COC(=O)COc2ccc(Cl)c(C)c2)cc1. The van der Waals surface area contributed by atoms with Crippen molar-refractivity contribution in [1.82, 2.24) is 0 Å². The Balaban J connectivity index is 1.74. The maximum absolute atomic E-state index is 11.9. The largest absolute Gasteiger partial charge is 0.482 e. The average molecular weight is 406 g/mol. The summed E-state index contributed by atoms with van der Waals surface area (Å²) in [5, 5.41) is 3.16. The Morgan fingerprint density at radius 1 is 1.00 bits per heavy atom. The predicted molar refractivity (Wildman–Crippen MR) is 104 cm³/mol. The van der Waals surface area contributed by atoms with Crippen molar-refractivity contribution in [1.29, 1.82) is 0 Å². The van der Waals surface area contributed by atoms with Gasteiger partial charge in [0, 0.05) is 10.7 Å². The number of amides is 1. The van der Waals surface area contributed by atoms with Gasteiger partial charge >= 0.3 is 11.9 Å². The van der Waals surface area contributed by atoms with Crippen LogP contribution in [0.3, 0.4) is 0 Å². The van der Waals surface area contributed by atoms with Crippen LogP contribution in [0.5, 0.6) is 5.75 Å². The highest BCUT2D eigenvalue weighted by Crippen LogP contribution is 2.20. The lowest BCUT2D eigenvalue weighted by Gasteiger charge is -2.09. The van der Waals surface area contributed by atoms with Crippen LogP contribution in [0.15, 0.2) is 42.5 Å². The Labute approximate surface area is 167 Å². The second-order valence-corrected chi connectivity index (χ2v) is 6.11. The zero-order chi connectivity index (χ0) is 20.5. The van der Waals surface area contributed by atoms with Gasteiger partial charge in [-0.25, -0.2) is 9.59 Å². The van der Waals surface area contributed by atoms with Crippen molar-refractivity contribution in [3.05, 3.63) is 58.6 Å². The summed E-state index contributed by atoms with van der Waals surface area (Å²) in [5.41, 5.74) is 1.66. The summed E-state index contributed by atoms with van der Waals surface area (Å²) < 4.78 is 15.0. The molecule has 0 aliphatic rings. The van der Waals surface area contributed by atoms with Crippen LogP contribution in [0, 0.1) is 6.92 Å². The van der Waals surface area contributed by atoms with E-state index in [-0.39, 0.29) is 13.2 Å². The number of esters is 2. The number of hydrogen-bond acceptors (Lipinski definition) is 6. The molecule has 0 saturated carbocycles. The fourth-order valence-corrected chi connectivity index (χ4v) is 2.26. The minimum absolute atomic E-state index is 0.282. The third-order valence-electron chi connectivity index (χ3n) is 3.53. The monoisotopic (exact) mass is 405 g/mol. The average Bonchev–Trinajstić information content (AvgIpc) is 2.68. The Morgan fingerprint density at radius 3 is 2.36 bits per heavy atom. The zero-order valence-corrected chi connectivity index (χ0v) is 16.2. The number of benzene rings is 2. The van der Waals surface area contributed by atoms with E-state index in [9.17, 15) is 14.4 Å². The lowest BCUT2D eigenvalue weighted by atomic mass is 10.2. The van der Waals surface area contributed by atoms with E-state index >= 15 is 0 Å². The Bertz CT molecular complexity index is 850.